The van der Waals surface area contributed by atoms with Gasteiger partial charge in [0.15, 0.2) is 0 Å². The number of anilines is 1. The van der Waals surface area contributed by atoms with E-state index >= 15 is 0 Å². The largest absolute Gasteiger partial charge is 0.370 e. The molecule has 2 aromatic rings. The molecule has 2 amide bonds. The molecule has 1 saturated heterocycles. The molecule has 0 aliphatic carbocycles. The second-order valence-corrected chi connectivity index (χ2v) is 5.12. The molecule has 23 heavy (non-hydrogen) atoms. The van der Waals surface area contributed by atoms with Crippen LogP contribution in [0, 0.1) is 11.6 Å². The average molecular weight is 319 g/mol. The van der Waals surface area contributed by atoms with Crippen molar-refractivity contribution in [1.82, 2.24) is 9.88 Å². The van der Waals surface area contributed by atoms with Gasteiger partial charge in [-0.2, -0.15) is 0 Å². The molecule has 2 heterocycles. The van der Waals surface area contributed by atoms with Gasteiger partial charge in [-0.05, 0) is 18.2 Å². The zero-order valence-electron chi connectivity index (χ0n) is 12.2. The maximum atomic E-state index is 13.8. The minimum absolute atomic E-state index is 0.230. The third-order valence-corrected chi connectivity index (χ3v) is 3.57. The Kier molecular flexibility index (Phi) is 4.47. The third kappa shape index (κ3) is 3.62. The Morgan fingerprint density at radius 2 is 2.09 bits per heavy atom. The third-order valence-electron chi connectivity index (χ3n) is 3.57. The Hall–Kier alpha value is -2.54. The maximum Gasteiger partial charge on any atom is 0.323 e. The van der Waals surface area contributed by atoms with Crippen molar-refractivity contribution in [1.29, 1.82) is 0 Å². The van der Waals surface area contributed by atoms with Crippen molar-refractivity contribution >= 4 is 11.8 Å². The van der Waals surface area contributed by atoms with Gasteiger partial charge in [0.05, 0.1) is 19.3 Å². The molecule has 3 rings (SSSR count). The van der Waals surface area contributed by atoms with Crippen LogP contribution in [0.1, 0.15) is 11.7 Å². The summed E-state index contributed by atoms with van der Waals surface area (Å²) in [6.45, 7) is 0.926. The van der Waals surface area contributed by atoms with Crippen molar-refractivity contribution in [3.8, 4) is 0 Å². The second-order valence-electron chi connectivity index (χ2n) is 5.12. The van der Waals surface area contributed by atoms with Gasteiger partial charge in [-0.15, -0.1) is 0 Å². The predicted molar refractivity (Wildman–Crippen MR) is 79.9 cm³/mol. The van der Waals surface area contributed by atoms with E-state index in [0.29, 0.717) is 18.7 Å². The van der Waals surface area contributed by atoms with E-state index in [-0.39, 0.29) is 24.2 Å². The standard InChI is InChI=1S/C16H15F2N3O2/c17-11-5-6-15(19-9-11)20-16(22)21-7-8-23-14(10-21)12-3-1-2-4-13(12)18/h1-6,9,14H,7-8,10H2,(H,19,20,22). The Morgan fingerprint density at radius 3 is 2.83 bits per heavy atom. The summed E-state index contributed by atoms with van der Waals surface area (Å²) >= 11 is 0. The lowest BCUT2D eigenvalue weighted by molar-refractivity contribution is -0.0152. The van der Waals surface area contributed by atoms with Crippen molar-refractivity contribution in [3.63, 3.8) is 0 Å². The van der Waals surface area contributed by atoms with E-state index in [0.717, 1.165) is 6.20 Å². The summed E-state index contributed by atoms with van der Waals surface area (Å²) in [4.78, 5) is 17.5. The fraction of sp³-hybridized carbons (Fsp3) is 0.250. The molecule has 1 fully saturated rings. The van der Waals surface area contributed by atoms with Crippen LogP contribution in [0.4, 0.5) is 19.4 Å². The highest BCUT2D eigenvalue weighted by Gasteiger charge is 2.27. The lowest BCUT2D eigenvalue weighted by Crippen LogP contribution is -2.44. The van der Waals surface area contributed by atoms with Gasteiger partial charge in [-0.3, -0.25) is 5.32 Å². The van der Waals surface area contributed by atoms with Crippen LogP contribution in [0.5, 0.6) is 0 Å². The number of aromatic nitrogens is 1. The number of benzene rings is 1. The number of carbonyl (C=O) groups excluding carboxylic acids is 1. The first-order chi connectivity index (χ1) is 11.1. The highest BCUT2D eigenvalue weighted by molar-refractivity contribution is 5.88. The van der Waals surface area contributed by atoms with Crippen LogP contribution in [0.25, 0.3) is 0 Å². The lowest BCUT2D eigenvalue weighted by atomic mass is 10.1. The van der Waals surface area contributed by atoms with Crippen LogP contribution in [0.3, 0.4) is 0 Å². The van der Waals surface area contributed by atoms with E-state index in [1.807, 2.05) is 0 Å². The number of ether oxygens (including phenoxy) is 1. The Labute approximate surface area is 131 Å². The summed E-state index contributed by atoms with van der Waals surface area (Å²) in [6.07, 6.45) is 0.508. The first kappa shape index (κ1) is 15.4. The Morgan fingerprint density at radius 1 is 1.26 bits per heavy atom. The zero-order chi connectivity index (χ0) is 16.2. The van der Waals surface area contributed by atoms with E-state index in [4.69, 9.17) is 4.74 Å². The van der Waals surface area contributed by atoms with Crippen LogP contribution in [0.15, 0.2) is 42.6 Å². The molecular weight excluding hydrogens is 304 g/mol. The summed E-state index contributed by atoms with van der Waals surface area (Å²) in [6, 6.07) is 8.54. The smallest absolute Gasteiger partial charge is 0.323 e. The minimum atomic E-state index is -0.517. The molecule has 0 radical (unpaired) electrons. The summed E-state index contributed by atoms with van der Waals surface area (Å²) in [5.41, 5.74) is 0.421. The van der Waals surface area contributed by atoms with Gasteiger partial charge >= 0.3 is 6.03 Å². The molecule has 1 aliphatic rings. The monoisotopic (exact) mass is 319 g/mol. The Balaban J connectivity index is 1.67. The van der Waals surface area contributed by atoms with Crippen LogP contribution in [-0.2, 0) is 4.74 Å². The fourth-order valence-electron chi connectivity index (χ4n) is 2.40. The summed E-state index contributed by atoms with van der Waals surface area (Å²) in [5.74, 6) is -0.584. The molecule has 1 unspecified atom stereocenters. The second kappa shape index (κ2) is 6.70. The quantitative estimate of drug-likeness (QED) is 0.926. The van der Waals surface area contributed by atoms with E-state index in [9.17, 15) is 13.6 Å². The number of hydrogen-bond acceptors (Lipinski definition) is 3. The van der Waals surface area contributed by atoms with E-state index in [1.165, 1.54) is 23.1 Å². The van der Waals surface area contributed by atoms with Gasteiger partial charge in [-0.25, -0.2) is 18.6 Å². The van der Waals surface area contributed by atoms with E-state index in [1.54, 1.807) is 18.2 Å². The number of pyridine rings is 1. The Bertz CT molecular complexity index is 694. The molecule has 5 nitrogen and oxygen atoms in total. The van der Waals surface area contributed by atoms with Gasteiger partial charge in [0.25, 0.3) is 0 Å². The molecule has 7 heteroatoms. The molecule has 120 valence electrons. The number of morpholine rings is 1. The zero-order valence-corrected chi connectivity index (χ0v) is 12.2. The molecule has 1 aliphatic heterocycles. The summed E-state index contributed by atoms with van der Waals surface area (Å²) in [5, 5.41) is 2.59. The average Bonchev–Trinajstić information content (AvgIpc) is 2.57. The van der Waals surface area contributed by atoms with Crippen LogP contribution >= 0.6 is 0 Å². The normalized spacial score (nSPS) is 17.8. The first-order valence-electron chi connectivity index (χ1n) is 7.17. The molecule has 1 atom stereocenters. The number of carbonyl (C=O) groups is 1. The predicted octanol–water partition coefficient (Wildman–Crippen LogP) is 2.97. The number of halogens is 2. The fourth-order valence-corrected chi connectivity index (χ4v) is 2.40. The van der Waals surface area contributed by atoms with Gasteiger partial charge in [0, 0.05) is 12.1 Å². The molecule has 0 spiro atoms. The number of hydrogen-bond donors (Lipinski definition) is 1. The number of amides is 2. The summed E-state index contributed by atoms with van der Waals surface area (Å²) < 4.78 is 32.2. The van der Waals surface area contributed by atoms with Crippen molar-refractivity contribution in [2.24, 2.45) is 0 Å². The molecule has 1 N–H and O–H groups in total. The summed E-state index contributed by atoms with van der Waals surface area (Å²) in [7, 11) is 0. The van der Waals surface area contributed by atoms with Crippen molar-refractivity contribution in [3.05, 3.63) is 59.8 Å². The van der Waals surface area contributed by atoms with Crippen molar-refractivity contribution < 1.29 is 18.3 Å². The van der Waals surface area contributed by atoms with Gasteiger partial charge in [0.2, 0.25) is 0 Å². The molecule has 1 aromatic heterocycles. The molecule has 1 aromatic carbocycles. The van der Waals surface area contributed by atoms with E-state index in [2.05, 4.69) is 10.3 Å². The van der Waals surface area contributed by atoms with Crippen molar-refractivity contribution in [2.45, 2.75) is 6.10 Å². The highest BCUT2D eigenvalue weighted by Crippen LogP contribution is 2.24. The molecule has 0 saturated carbocycles. The maximum absolute atomic E-state index is 13.8. The number of rotatable bonds is 2. The highest BCUT2D eigenvalue weighted by atomic mass is 19.1. The van der Waals surface area contributed by atoms with Crippen LogP contribution in [-0.4, -0.2) is 35.6 Å². The molecule has 0 bridgehead atoms. The van der Waals surface area contributed by atoms with E-state index < -0.39 is 11.9 Å². The topological polar surface area (TPSA) is 54.5 Å². The minimum Gasteiger partial charge on any atom is -0.370 e. The van der Waals surface area contributed by atoms with Crippen LogP contribution < -0.4 is 5.32 Å². The van der Waals surface area contributed by atoms with Gasteiger partial charge in [0.1, 0.15) is 23.6 Å². The van der Waals surface area contributed by atoms with Crippen LogP contribution in [0.2, 0.25) is 0 Å². The number of nitrogens with zero attached hydrogens (tertiary/aromatic N) is 2. The number of nitrogens with one attached hydrogen (secondary N) is 1. The van der Waals surface area contributed by atoms with Gasteiger partial charge < -0.3 is 9.64 Å². The van der Waals surface area contributed by atoms with Gasteiger partial charge in [-0.1, -0.05) is 18.2 Å². The molecular formula is C16H15F2N3O2. The van der Waals surface area contributed by atoms with Crippen molar-refractivity contribution in [2.75, 3.05) is 25.0 Å². The first-order valence-corrected chi connectivity index (χ1v) is 7.17. The lowest BCUT2D eigenvalue weighted by Gasteiger charge is -2.33. The SMILES string of the molecule is O=C(Nc1ccc(F)cn1)N1CCOC(c2ccccc2F)C1. The number of urea groups is 1.